The number of carbonyl (C=O) groups excluding carboxylic acids is 2. The highest BCUT2D eigenvalue weighted by Crippen LogP contribution is 2.31. The average molecular weight is 458 g/mol. The largest absolute Gasteiger partial charge is 0.416 e. The maximum Gasteiger partial charge on any atom is 0.416 e. The first kappa shape index (κ1) is 22.8. The Bertz CT molecular complexity index is 1110. The number of benzene rings is 1. The van der Waals surface area contributed by atoms with Gasteiger partial charge < -0.3 is 15.2 Å². The number of likely N-dealkylation sites (tertiary alicyclic amines) is 1. The molecule has 1 atom stereocenters. The monoisotopic (exact) mass is 458 g/mol. The molecule has 1 aliphatic rings. The summed E-state index contributed by atoms with van der Waals surface area (Å²) in [6.45, 7) is 0.252. The maximum absolute atomic E-state index is 13.2. The summed E-state index contributed by atoms with van der Waals surface area (Å²) in [5.74, 6) is -1.03. The molecule has 1 unspecified atom stereocenters. The number of nitrogens with zero attached hydrogens (tertiary/aromatic N) is 2. The van der Waals surface area contributed by atoms with E-state index in [1.165, 1.54) is 34.8 Å². The highest BCUT2D eigenvalue weighted by Gasteiger charge is 2.33. The van der Waals surface area contributed by atoms with Crippen molar-refractivity contribution in [1.82, 2.24) is 14.2 Å². The molecule has 1 aromatic carbocycles. The third kappa shape index (κ3) is 5.07. The second-order valence-corrected chi connectivity index (χ2v) is 8.99. The second kappa shape index (κ2) is 8.35. The molecule has 168 valence electrons. The molecule has 2 amide bonds. The first-order valence-electron chi connectivity index (χ1n) is 9.32. The topological polar surface area (TPSA) is 114 Å². The van der Waals surface area contributed by atoms with E-state index in [1.807, 2.05) is 0 Å². The molecule has 0 spiro atoms. The van der Waals surface area contributed by atoms with E-state index in [-0.39, 0.29) is 28.6 Å². The number of nitrogens with one attached hydrogen (secondary N) is 1. The van der Waals surface area contributed by atoms with E-state index >= 15 is 0 Å². The fourth-order valence-electron chi connectivity index (χ4n) is 3.44. The van der Waals surface area contributed by atoms with Crippen molar-refractivity contribution in [2.75, 3.05) is 13.1 Å². The third-order valence-electron chi connectivity index (χ3n) is 5.03. The smallest absolute Gasteiger partial charge is 0.364 e. The molecule has 1 aromatic heterocycles. The predicted octanol–water partition coefficient (Wildman–Crippen LogP) is 1.78. The Morgan fingerprint density at radius 3 is 2.55 bits per heavy atom. The number of halogens is 3. The molecule has 8 nitrogen and oxygen atoms in total. The molecule has 1 aliphatic heterocycles. The van der Waals surface area contributed by atoms with Gasteiger partial charge in [-0.1, -0.05) is 12.1 Å². The van der Waals surface area contributed by atoms with Crippen molar-refractivity contribution in [3.63, 3.8) is 0 Å². The summed E-state index contributed by atoms with van der Waals surface area (Å²) in [7, 11) is -2.81. The average Bonchev–Trinajstić information content (AvgIpc) is 3.26. The van der Waals surface area contributed by atoms with Crippen LogP contribution >= 0.6 is 0 Å². The van der Waals surface area contributed by atoms with E-state index in [9.17, 15) is 31.2 Å². The van der Waals surface area contributed by atoms with Crippen LogP contribution in [0.3, 0.4) is 0 Å². The van der Waals surface area contributed by atoms with Crippen LogP contribution in [0.1, 0.15) is 40.5 Å². The highest BCUT2D eigenvalue weighted by atomic mass is 32.2. The van der Waals surface area contributed by atoms with Crippen LogP contribution < -0.4 is 10.5 Å². The fraction of sp³-hybridized carbons (Fsp3) is 0.368. The van der Waals surface area contributed by atoms with Crippen molar-refractivity contribution in [1.29, 1.82) is 0 Å². The van der Waals surface area contributed by atoms with Gasteiger partial charge in [-0.15, -0.1) is 0 Å². The van der Waals surface area contributed by atoms with Crippen molar-refractivity contribution < 1.29 is 31.2 Å². The summed E-state index contributed by atoms with van der Waals surface area (Å²) in [5.41, 5.74) is 4.30. The summed E-state index contributed by atoms with van der Waals surface area (Å²) < 4.78 is 69.0. The number of primary amides is 1. The van der Waals surface area contributed by atoms with Gasteiger partial charge in [0.15, 0.2) is 0 Å². The number of aromatic nitrogens is 1. The van der Waals surface area contributed by atoms with Gasteiger partial charge in [-0.3, -0.25) is 9.59 Å². The Labute approximate surface area is 176 Å². The van der Waals surface area contributed by atoms with Crippen LogP contribution in [0.4, 0.5) is 13.2 Å². The van der Waals surface area contributed by atoms with Crippen molar-refractivity contribution in [2.45, 2.75) is 30.0 Å². The van der Waals surface area contributed by atoms with E-state index in [2.05, 4.69) is 4.72 Å². The molecule has 0 aliphatic carbocycles. The lowest BCUT2D eigenvalue weighted by atomic mass is 10.0. The van der Waals surface area contributed by atoms with Crippen LogP contribution in [-0.2, 0) is 28.0 Å². The molecule has 3 rings (SSSR count). The number of sulfonamides is 1. The number of carbonyl (C=O) groups is 2. The normalized spacial score (nSPS) is 16.0. The number of hydrogen-bond acceptors (Lipinski definition) is 4. The van der Waals surface area contributed by atoms with Crippen molar-refractivity contribution >= 4 is 21.8 Å². The van der Waals surface area contributed by atoms with Crippen LogP contribution in [0.2, 0.25) is 0 Å². The molecule has 0 bridgehead atoms. The number of hydrogen-bond donors (Lipinski definition) is 2. The molecule has 0 saturated carbocycles. The van der Waals surface area contributed by atoms with Crippen LogP contribution in [0.25, 0.3) is 0 Å². The van der Waals surface area contributed by atoms with Crippen molar-refractivity contribution in [3.05, 3.63) is 53.3 Å². The molecule has 0 radical (unpaired) electrons. The van der Waals surface area contributed by atoms with E-state index in [0.717, 1.165) is 18.2 Å². The summed E-state index contributed by atoms with van der Waals surface area (Å²) in [6.07, 6.45) is -2.56. The zero-order valence-corrected chi connectivity index (χ0v) is 17.3. The number of rotatable bonds is 7. The minimum atomic E-state index is -4.61. The zero-order chi connectivity index (χ0) is 23.0. The predicted molar refractivity (Wildman–Crippen MR) is 104 cm³/mol. The Morgan fingerprint density at radius 2 is 2.00 bits per heavy atom. The molecule has 12 heteroatoms. The van der Waals surface area contributed by atoms with Gasteiger partial charge in [0, 0.05) is 32.8 Å². The summed E-state index contributed by atoms with van der Waals surface area (Å²) >= 11 is 0. The minimum absolute atomic E-state index is 0.0503. The molecular formula is C19H21F3N4O4S. The van der Waals surface area contributed by atoms with Crippen molar-refractivity contribution in [3.8, 4) is 0 Å². The first-order chi connectivity index (χ1) is 14.4. The zero-order valence-electron chi connectivity index (χ0n) is 16.5. The van der Waals surface area contributed by atoms with Gasteiger partial charge in [0.25, 0.3) is 5.91 Å². The van der Waals surface area contributed by atoms with Crippen LogP contribution in [0, 0.1) is 0 Å². The van der Waals surface area contributed by atoms with Gasteiger partial charge >= 0.3 is 6.18 Å². The van der Waals surface area contributed by atoms with Gasteiger partial charge in [-0.05, 0) is 30.2 Å². The highest BCUT2D eigenvalue weighted by molar-refractivity contribution is 7.89. The Kier molecular flexibility index (Phi) is 6.14. The molecular weight excluding hydrogens is 437 g/mol. The fourth-order valence-corrected chi connectivity index (χ4v) is 4.73. The molecule has 2 aromatic rings. The quantitative estimate of drug-likeness (QED) is 0.658. The lowest BCUT2D eigenvalue weighted by Gasteiger charge is -2.25. The summed E-state index contributed by atoms with van der Waals surface area (Å²) in [6, 6.07) is 4.22. The number of nitrogens with two attached hydrogens (primary N) is 1. The maximum atomic E-state index is 13.2. The standard InChI is InChI=1S/C19H21F3N4O4S/c1-25-10-14(9-16(25)18(23)28)31(29,30)24-15(11-26-7-3-6-17(26)27)12-4-2-5-13(8-12)19(20,21)22/h2,4-5,8-10,15,24H,3,6-7,11H2,1H3,(H2,23,28). The summed E-state index contributed by atoms with van der Waals surface area (Å²) in [5, 5.41) is 0. The summed E-state index contributed by atoms with van der Waals surface area (Å²) in [4.78, 5) is 24.6. The van der Waals surface area contributed by atoms with E-state index in [4.69, 9.17) is 5.73 Å². The molecule has 31 heavy (non-hydrogen) atoms. The molecule has 3 N–H and O–H groups in total. The lowest BCUT2D eigenvalue weighted by Crippen LogP contribution is -2.38. The van der Waals surface area contributed by atoms with Gasteiger partial charge in [0.2, 0.25) is 15.9 Å². The van der Waals surface area contributed by atoms with E-state index < -0.39 is 33.7 Å². The first-order valence-corrected chi connectivity index (χ1v) is 10.8. The number of amides is 2. The second-order valence-electron chi connectivity index (χ2n) is 7.28. The van der Waals surface area contributed by atoms with E-state index in [1.54, 1.807) is 0 Å². The molecule has 1 fully saturated rings. The minimum Gasteiger partial charge on any atom is -0.364 e. The van der Waals surface area contributed by atoms with E-state index in [0.29, 0.717) is 19.4 Å². The SMILES string of the molecule is Cn1cc(S(=O)(=O)NC(CN2CCCC2=O)c2cccc(C(F)(F)F)c2)cc1C(N)=O. The Balaban J connectivity index is 1.97. The van der Waals surface area contributed by atoms with Gasteiger partial charge in [0.05, 0.1) is 11.6 Å². The number of alkyl halides is 3. The number of aryl methyl sites for hydroxylation is 1. The molecule has 1 saturated heterocycles. The van der Waals surface area contributed by atoms with Crippen LogP contribution in [-0.4, -0.2) is 42.8 Å². The van der Waals surface area contributed by atoms with Gasteiger partial charge in [-0.2, -0.15) is 13.2 Å². The Hall–Kier alpha value is -2.86. The van der Waals surface area contributed by atoms with Crippen LogP contribution in [0.5, 0.6) is 0 Å². The van der Waals surface area contributed by atoms with Gasteiger partial charge in [-0.25, -0.2) is 13.1 Å². The van der Waals surface area contributed by atoms with Crippen LogP contribution in [0.15, 0.2) is 41.4 Å². The Morgan fingerprint density at radius 1 is 1.29 bits per heavy atom. The van der Waals surface area contributed by atoms with Gasteiger partial charge in [0.1, 0.15) is 10.6 Å². The lowest BCUT2D eigenvalue weighted by molar-refractivity contribution is -0.137. The van der Waals surface area contributed by atoms with Crippen molar-refractivity contribution in [2.24, 2.45) is 12.8 Å². The third-order valence-corrected chi connectivity index (χ3v) is 6.47. The molecule has 2 heterocycles.